The van der Waals surface area contributed by atoms with Crippen molar-refractivity contribution in [1.82, 2.24) is 0 Å². The van der Waals surface area contributed by atoms with E-state index in [1.165, 1.54) is 13.0 Å². The van der Waals surface area contributed by atoms with E-state index in [0.717, 1.165) is 6.08 Å². The quantitative estimate of drug-likeness (QED) is 0.350. The van der Waals surface area contributed by atoms with Gasteiger partial charge < -0.3 is 14.9 Å². The standard InChI is InChI=1S/C7H12O4/c1-3-5-6(8)11-7(9,10)4-2/h3,5,9-10H,4H2,1-2H3/b5-3+. The number of carbonyl (C=O) groups is 1. The van der Waals surface area contributed by atoms with Crippen LogP contribution in [0.5, 0.6) is 0 Å². The molecule has 0 aromatic heterocycles. The van der Waals surface area contributed by atoms with E-state index in [1.54, 1.807) is 6.92 Å². The molecule has 0 unspecified atom stereocenters. The molecule has 4 heteroatoms. The summed E-state index contributed by atoms with van der Waals surface area (Å²) >= 11 is 0. The van der Waals surface area contributed by atoms with Crippen molar-refractivity contribution in [2.45, 2.75) is 26.2 Å². The smallest absolute Gasteiger partial charge is 0.334 e. The van der Waals surface area contributed by atoms with Crippen LogP contribution in [0, 0.1) is 0 Å². The monoisotopic (exact) mass is 160 g/mol. The molecule has 0 spiro atoms. The van der Waals surface area contributed by atoms with Gasteiger partial charge in [-0.05, 0) is 6.92 Å². The highest BCUT2D eigenvalue weighted by Crippen LogP contribution is 2.06. The van der Waals surface area contributed by atoms with Gasteiger partial charge in [0.2, 0.25) is 0 Å². The molecular formula is C7H12O4. The zero-order valence-electron chi connectivity index (χ0n) is 6.57. The van der Waals surface area contributed by atoms with Crippen LogP contribution in [0.4, 0.5) is 0 Å². The number of carbonyl (C=O) groups excluding carboxylic acids is 1. The minimum Gasteiger partial charge on any atom is -0.405 e. The fraction of sp³-hybridized carbons (Fsp3) is 0.571. The molecule has 0 aliphatic rings. The highest BCUT2D eigenvalue weighted by molar-refractivity contribution is 5.81. The van der Waals surface area contributed by atoms with Crippen molar-refractivity contribution in [2.75, 3.05) is 0 Å². The lowest BCUT2D eigenvalue weighted by Crippen LogP contribution is -2.32. The van der Waals surface area contributed by atoms with Gasteiger partial charge in [-0.3, -0.25) is 0 Å². The summed E-state index contributed by atoms with van der Waals surface area (Å²) < 4.78 is 4.21. The highest BCUT2D eigenvalue weighted by atomic mass is 16.8. The maximum absolute atomic E-state index is 10.6. The average molecular weight is 160 g/mol. The maximum Gasteiger partial charge on any atom is 0.334 e. The molecule has 0 atom stereocenters. The number of ether oxygens (including phenoxy) is 1. The van der Waals surface area contributed by atoms with Crippen molar-refractivity contribution in [3.63, 3.8) is 0 Å². The summed E-state index contributed by atoms with van der Waals surface area (Å²) in [5.74, 6) is -3.10. The summed E-state index contributed by atoms with van der Waals surface area (Å²) in [6.45, 7) is 3.12. The fourth-order valence-electron chi connectivity index (χ4n) is 0.403. The van der Waals surface area contributed by atoms with Gasteiger partial charge in [0.25, 0.3) is 0 Å². The first-order valence-corrected chi connectivity index (χ1v) is 3.32. The van der Waals surface area contributed by atoms with Crippen LogP contribution in [-0.4, -0.2) is 22.2 Å². The van der Waals surface area contributed by atoms with E-state index in [4.69, 9.17) is 10.2 Å². The van der Waals surface area contributed by atoms with Gasteiger partial charge in [-0.2, -0.15) is 0 Å². The molecule has 0 bridgehead atoms. The van der Waals surface area contributed by atoms with Gasteiger partial charge in [0, 0.05) is 12.5 Å². The van der Waals surface area contributed by atoms with Gasteiger partial charge in [0.15, 0.2) is 0 Å². The summed E-state index contributed by atoms with van der Waals surface area (Å²) in [4.78, 5) is 10.6. The third kappa shape index (κ3) is 4.52. The van der Waals surface area contributed by atoms with Gasteiger partial charge in [0.1, 0.15) is 0 Å². The first kappa shape index (κ1) is 10.1. The lowest BCUT2D eigenvalue weighted by atomic mass is 10.4. The molecule has 0 aliphatic carbocycles. The Morgan fingerprint density at radius 2 is 2.18 bits per heavy atom. The molecule has 11 heavy (non-hydrogen) atoms. The highest BCUT2D eigenvalue weighted by Gasteiger charge is 2.24. The molecular weight excluding hydrogens is 148 g/mol. The van der Waals surface area contributed by atoms with E-state index in [0.29, 0.717) is 0 Å². The molecule has 2 N–H and O–H groups in total. The number of aliphatic hydroxyl groups is 2. The zero-order valence-corrected chi connectivity index (χ0v) is 6.57. The largest absolute Gasteiger partial charge is 0.405 e. The van der Waals surface area contributed by atoms with E-state index in [9.17, 15) is 4.79 Å². The second-order valence-electron chi connectivity index (χ2n) is 2.02. The van der Waals surface area contributed by atoms with Crippen LogP contribution in [-0.2, 0) is 9.53 Å². The molecule has 0 saturated heterocycles. The van der Waals surface area contributed by atoms with Gasteiger partial charge in [-0.15, -0.1) is 0 Å². The Labute approximate surface area is 65.1 Å². The van der Waals surface area contributed by atoms with Gasteiger partial charge in [-0.1, -0.05) is 13.0 Å². The Morgan fingerprint density at radius 1 is 1.64 bits per heavy atom. The molecule has 0 amide bonds. The second kappa shape index (κ2) is 4.10. The Kier molecular flexibility index (Phi) is 3.78. The topological polar surface area (TPSA) is 66.8 Å². The van der Waals surface area contributed by atoms with Gasteiger partial charge in [-0.25, -0.2) is 4.79 Å². The molecule has 64 valence electrons. The summed E-state index contributed by atoms with van der Waals surface area (Å²) in [7, 11) is 0. The maximum atomic E-state index is 10.6. The van der Waals surface area contributed by atoms with Crippen LogP contribution in [0.3, 0.4) is 0 Å². The summed E-state index contributed by atoms with van der Waals surface area (Å²) in [6.07, 6.45) is 2.50. The van der Waals surface area contributed by atoms with Crippen LogP contribution in [0.15, 0.2) is 12.2 Å². The summed E-state index contributed by atoms with van der Waals surface area (Å²) in [5, 5.41) is 17.6. The molecule has 0 rings (SSSR count). The number of esters is 1. The Hall–Kier alpha value is -0.870. The summed E-state index contributed by atoms with van der Waals surface area (Å²) in [6, 6.07) is 0. The van der Waals surface area contributed by atoms with E-state index in [2.05, 4.69) is 4.74 Å². The second-order valence-corrected chi connectivity index (χ2v) is 2.02. The molecule has 0 aliphatic heterocycles. The molecule has 0 heterocycles. The van der Waals surface area contributed by atoms with E-state index in [1.807, 2.05) is 0 Å². The Morgan fingerprint density at radius 3 is 2.55 bits per heavy atom. The van der Waals surface area contributed by atoms with Gasteiger partial charge >= 0.3 is 11.9 Å². The lowest BCUT2D eigenvalue weighted by molar-refractivity contribution is -0.317. The number of hydrogen-bond acceptors (Lipinski definition) is 4. The minimum absolute atomic E-state index is 0.0592. The third-order valence-corrected chi connectivity index (χ3v) is 1.03. The molecule has 0 aromatic carbocycles. The van der Waals surface area contributed by atoms with E-state index >= 15 is 0 Å². The van der Waals surface area contributed by atoms with Crippen LogP contribution < -0.4 is 0 Å². The van der Waals surface area contributed by atoms with Crippen LogP contribution in [0.25, 0.3) is 0 Å². The van der Waals surface area contributed by atoms with Crippen molar-refractivity contribution in [3.05, 3.63) is 12.2 Å². The van der Waals surface area contributed by atoms with Crippen LogP contribution in [0.2, 0.25) is 0 Å². The zero-order chi connectivity index (χ0) is 8.91. The predicted molar refractivity (Wildman–Crippen MR) is 38.4 cm³/mol. The van der Waals surface area contributed by atoms with Crippen molar-refractivity contribution in [3.8, 4) is 0 Å². The van der Waals surface area contributed by atoms with Crippen LogP contribution in [0.1, 0.15) is 20.3 Å². The minimum atomic E-state index is -2.34. The molecule has 0 saturated carbocycles. The van der Waals surface area contributed by atoms with Crippen molar-refractivity contribution in [1.29, 1.82) is 0 Å². The average Bonchev–Trinajstić information content (AvgIpc) is 1.87. The lowest BCUT2D eigenvalue weighted by Gasteiger charge is -2.17. The molecule has 0 aromatic rings. The van der Waals surface area contributed by atoms with Crippen molar-refractivity contribution >= 4 is 5.97 Å². The number of hydrogen-bond donors (Lipinski definition) is 2. The first-order valence-electron chi connectivity index (χ1n) is 3.32. The Bertz CT molecular complexity index is 160. The first-order chi connectivity index (χ1) is 5.02. The third-order valence-electron chi connectivity index (χ3n) is 1.03. The van der Waals surface area contributed by atoms with Crippen molar-refractivity contribution < 1.29 is 19.7 Å². The van der Waals surface area contributed by atoms with E-state index in [-0.39, 0.29) is 6.42 Å². The van der Waals surface area contributed by atoms with Crippen molar-refractivity contribution in [2.24, 2.45) is 0 Å². The van der Waals surface area contributed by atoms with E-state index < -0.39 is 11.9 Å². The van der Waals surface area contributed by atoms with Crippen LogP contribution >= 0.6 is 0 Å². The predicted octanol–water partition coefficient (Wildman–Crippen LogP) is 0.154. The summed E-state index contributed by atoms with van der Waals surface area (Å²) in [5.41, 5.74) is 0. The van der Waals surface area contributed by atoms with Gasteiger partial charge in [0.05, 0.1) is 0 Å². The molecule has 0 fully saturated rings. The normalized spacial score (nSPS) is 12.0. The number of allylic oxidation sites excluding steroid dienone is 1. The molecule has 0 radical (unpaired) electrons. The molecule has 4 nitrogen and oxygen atoms in total. The SMILES string of the molecule is C/C=C/C(=O)OC(O)(O)CC. The number of rotatable bonds is 3. The fourth-order valence-corrected chi connectivity index (χ4v) is 0.403. The Balaban J connectivity index is 3.93.